The number of ether oxygens (including phenoxy) is 1. The predicted octanol–water partition coefficient (Wildman–Crippen LogP) is 1.85. The maximum Gasteiger partial charge on any atom is 0.442 e. The highest BCUT2D eigenvalue weighted by Crippen LogP contribution is 2.14. The fourth-order valence-corrected chi connectivity index (χ4v) is 2.05. The minimum atomic E-state index is -0.569. The lowest BCUT2D eigenvalue weighted by Crippen LogP contribution is -2.20. The highest BCUT2D eigenvalue weighted by atomic mass is 16.5. The molecular formula is C16H12N4O3. The van der Waals surface area contributed by atoms with E-state index in [-0.39, 0.29) is 13.2 Å². The molecule has 0 atom stereocenters. The van der Waals surface area contributed by atoms with E-state index in [2.05, 4.69) is 10.1 Å². The summed E-state index contributed by atoms with van der Waals surface area (Å²) in [6.45, 7) is 0.487. The predicted molar refractivity (Wildman–Crippen MR) is 80.6 cm³/mol. The van der Waals surface area contributed by atoms with Crippen LogP contribution in [-0.2, 0) is 6.54 Å². The van der Waals surface area contributed by atoms with Crippen molar-refractivity contribution in [1.29, 1.82) is 5.26 Å². The number of hydrogen-bond acceptors (Lipinski definition) is 6. The van der Waals surface area contributed by atoms with Crippen LogP contribution in [0.2, 0.25) is 0 Å². The number of pyridine rings is 1. The van der Waals surface area contributed by atoms with Crippen molar-refractivity contribution >= 4 is 0 Å². The van der Waals surface area contributed by atoms with Crippen LogP contribution in [0.5, 0.6) is 5.75 Å². The Balaban J connectivity index is 1.73. The van der Waals surface area contributed by atoms with Gasteiger partial charge >= 0.3 is 5.76 Å². The third kappa shape index (κ3) is 3.27. The topological polar surface area (TPSA) is 93.9 Å². The first kappa shape index (κ1) is 14.5. The maximum absolute atomic E-state index is 11.8. The van der Waals surface area contributed by atoms with Crippen molar-refractivity contribution in [1.82, 2.24) is 14.7 Å². The van der Waals surface area contributed by atoms with Gasteiger partial charge in [-0.25, -0.2) is 4.79 Å². The first-order valence-corrected chi connectivity index (χ1v) is 6.89. The van der Waals surface area contributed by atoms with Gasteiger partial charge in [-0.05, 0) is 30.3 Å². The van der Waals surface area contributed by atoms with E-state index in [1.165, 1.54) is 4.57 Å². The molecular weight excluding hydrogens is 296 g/mol. The fourth-order valence-electron chi connectivity index (χ4n) is 2.05. The lowest BCUT2D eigenvalue weighted by atomic mass is 10.2. The van der Waals surface area contributed by atoms with Crippen LogP contribution in [0.3, 0.4) is 0 Å². The molecule has 7 heteroatoms. The number of nitriles is 1. The van der Waals surface area contributed by atoms with Gasteiger partial charge in [0.25, 0.3) is 0 Å². The molecule has 0 saturated heterocycles. The summed E-state index contributed by atoms with van der Waals surface area (Å²) in [6.07, 6.45) is 1.61. The van der Waals surface area contributed by atoms with Gasteiger partial charge in [-0.2, -0.15) is 5.26 Å². The first-order valence-electron chi connectivity index (χ1n) is 6.89. The van der Waals surface area contributed by atoms with Crippen LogP contribution in [0.25, 0.3) is 11.5 Å². The lowest BCUT2D eigenvalue weighted by Gasteiger charge is -2.07. The SMILES string of the molecule is N#Cc1cccc(OCCn2c(-c3ccccn3)noc2=O)c1. The minimum absolute atomic E-state index is 0.232. The van der Waals surface area contributed by atoms with Crippen molar-refractivity contribution in [2.75, 3.05) is 6.61 Å². The highest BCUT2D eigenvalue weighted by molar-refractivity contribution is 5.47. The summed E-state index contributed by atoms with van der Waals surface area (Å²) in [4.78, 5) is 15.9. The van der Waals surface area contributed by atoms with Crippen molar-refractivity contribution in [2.24, 2.45) is 0 Å². The maximum atomic E-state index is 11.8. The van der Waals surface area contributed by atoms with Crippen molar-refractivity contribution in [3.8, 4) is 23.3 Å². The number of benzene rings is 1. The zero-order valence-electron chi connectivity index (χ0n) is 12.0. The van der Waals surface area contributed by atoms with Gasteiger partial charge in [0.2, 0.25) is 5.82 Å². The minimum Gasteiger partial charge on any atom is -0.492 e. The third-order valence-electron chi connectivity index (χ3n) is 3.13. The second-order valence-corrected chi connectivity index (χ2v) is 4.63. The molecule has 0 bridgehead atoms. The van der Waals surface area contributed by atoms with Gasteiger partial charge in [0.05, 0.1) is 18.2 Å². The summed E-state index contributed by atoms with van der Waals surface area (Å²) in [6, 6.07) is 14.2. The van der Waals surface area contributed by atoms with Gasteiger partial charge in [-0.3, -0.25) is 14.1 Å². The standard InChI is InChI=1S/C16H12N4O3/c17-11-12-4-3-5-13(10-12)22-9-8-20-15(19-23-16(20)21)14-6-1-2-7-18-14/h1-7,10H,8-9H2. The molecule has 3 aromatic rings. The number of nitrogens with zero attached hydrogens (tertiary/aromatic N) is 4. The molecule has 114 valence electrons. The molecule has 0 aliphatic carbocycles. The zero-order valence-corrected chi connectivity index (χ0v) is 12.0. The third-order valence-corrected chi connectivity index (χ3v) is 3.13. The second-order valence-electron chi connectivity index (χ2n) is 4.63. The Morgan fingerprint density at radius 1 is 1.26 bits per heavy atom. The van der Waals surface area contributed by atoms with Crippen molar-refractivity contribution in [3.63, 3.8) is 0 Å². The van der Waals surface area contributed by atoms with Gasteiger partial charge in [-0.15, -0.1) is 0 Å². The van der Waals surface area contributed by atoms with Crippen LogP contribution in [-0.4, -0.2) is 21.3 Å². The average molecular weight is 308 g/mol. The molecule has 0 radical (unpaired) electrons. The van der Waals surface area contributed by atoms with Crippen LogP contribution in [0.1, 0.15) is 5.56 Å². The molecule has 0 aliphatic rings. The molecule has 23 heavy (non-hydrogen) atoms. The molecule has 3 rings (SSSR count). The Labute approximate surface area is 131 Å². The monoisotopic (exact) mass is 308 g/mol. The highest BCUT2D eigenvalue weighted by Gasteiger charge is 2.13. The Morgan fingerprint density at radius 3 is 2.96 bits per heavy atom. The van der Waals surface area contributed by atoms with Crippen LogP contribution >= 0.6 is 0 Å². The molecule has 0 N–H and O–H groups in total. The van der Waals surface area contributed by atoms with E-state index in [0.717, 1.165) is 0 Å². The van der Waals surface area contributed by atoms with Gasteiger partial charge in [-0.1, -0.05) is 17.3 Å². The molecule has 0 aliphatic heterocycles. The van der Waals surface area contributed by atoms with E-state index in [1.54, 1.807) is 48.7 Å². The summed E-state index contributed by atoms with van der Waals surface area (Å²) < 4.78 is 11.6. The van der Waals surface area contributed by atoms with Crippen LogP contribution in [0.15, 0.2) is 58.0 Å². The number of rotatable bonds is 5. The summed E-state index contributed by atoms with van der Waals surface area (Å²) in [5.41, 5.74) is 1.06. The first-order chi connectivity index (χ1) is 11.3. The molecule has 2 aromatic heterocycles. The lowest BCUT2D eigenvalue weighted by molar-refractivity contribution is 0.290. The number of aromatic nitrogens is 3. The Bertz CT molecular complexity index is 893. The fraction of sp³-hybridized carbons (Fsp3) is 0.125. The molecule has 0 saturated carbocycles. The molecule has 1 aromatic carbocycles. The van der Waals surface area contributed by atoms with Crippen molar-refractivity contribution in [3.05, 3.63) is 64.8 Å². The largest absolute Gasteiger partial charge is 0.492 e. The average Bonchev–Trinajstić information content (AvgIpc) is 2.97. The van der Waals surface area contributed by atoms with Crippen molar-refractivity contribution < 1.29 is 9.26 Å². The van der Waals surface area contributed by atoms with Crippen LogP contribution in [0, 0.1) is 11.3 Å². The Hall–Kier alpha value is -3.40. The summed E-state index contributed by atoms with van der Waals surface area (Å²) >= 11 is 0. The quantitative estimate of drug-likeness (QED) is 0.714. The smallest absolute Gasteiger partial charge is 0.442 e. The van der Waals surface area contributed by atoms with E-state index < -0.39 is 5.76 Å². The summed E-state index contributed by atoms with van der Waals surface area (Å²) in [5, 5.41) is 12.6. The second kappa shape index (κ2) is 6.58. The Morgan fingerprint density at radius 2 is 2.17 bits per heavy atom. The molecule has 0 unspecified atom stereocenters. The van der Waals surface area contributed by atoms with E-state index >= 15 is 0 Å². The number of hydrogen-bond donors (Lipinski definition) is 0. The van der Waals surface area contributed by atoms with E-state index in [9.17, 15) is 4.79 Å². The molecule has 2 heterocycles. The summed E-state index contributed by atoms with van der Waals surface area (Å²) in [5.74, 6) is 0.345. The van der Waals surface area contributed by atoms with E-state index in [4.69, 9.17) is 14.5 Å². The normalized spacial score (nSPS) is 10.2. The van der Waals surface area contributed by atoms with Gasteiger partial charge < -0.3 is 4.74 Å². The van der Waals surface area contributed by atoms with Crippen LogP contribution < -0.4 is 10.5 Å². The van der Waals surface area contributed by atoms with Crippen molar-refractivity contribution in [2.45, 2.75) is 6.54 Å². The van der Waals surface area contributed by atoms with E-state index in [0.29, 0.717) is 22.8 Å². The van der Waals surface area contributed by atoms with Gasteiger partial charge in [0.1, 0.15) is 18.1 Å². The van der Waals surface area contributed by atoms with E-state index in [1.807, 2.05) is 6.07 Å². The molecule has 0 spiro atoms. The summed E-state index contributed by atoms with van der Waals surface area (Å²) in [7, 11) is 0. The van der Waals surface area contributed by atoms with Crippen LogP contribution in [0.4, 0.5) is 0 Å². The van der Waals surface area contributed by atoms with Gasteiger partial charge in [0, 0.05) is 6.20 Å². The Kier molecular flexibility index (Phi) is 4.16. The molecule has 7 nitrogen and oxygen atoms in total. The van der Waals surface area contributed by atoms with Gasteiger partial charge in [0.15, 0.2) is 0 Å². The zero-order chi connectivity index (χ0) is 16.1. The molecule has 0 fully saturated rings. The molecule has 0 amide bonds.